The van der Waals surface area contributed by atoms with Crippen LogP contribution in [-0.4, -0.2) is 41.1 Å². The number of likely N-dealkylation sites (tertiary alicyclic amines) is 1. The molecule has 2 N–H and O–H groups in total. The van der Waals surface area contributed by atoms with Crippen LogP contribution in [0.3, 0.4) is 0 Å². The van der Waals surface area contributed by atoms with E-state index in [1.54, 1.807) is 0 Å². The van der Waals surface area contributed by atoms with Crippen molar-refractivity contribution in [3.8, 4) is 0 Å². The maximum atomic E-state index is 12.8. The van der Waals surface area contributed by atoms with E-state index in [9.17, 15) is 9.90 Å². The number of hydrogen-bond acceptors (Lipinski definition) is 3. The van der Waals surface area contributed by atoms with E-state index < -0.39 is 6.10 Å². The van der Waals surface area contributed by atoms with E-state index in [-0.39, 0.29) is 11.4 Å². The van der Waals surface area contributed by atoms with Gasteiger partial charge < -0.3 is 15.3 Å². The highest BCUT2D eigenvalue weighted by molar-refractivity contribution is 5.82. The van der Waals surface area contributed by atoms with Gasteiger partial charge in [0.1, 0.15) is 0 Å². The molecule has 0 spiro atoms. The summed E-state index contributed by atoms with van der Waals surface area (Å²) < 4.78 is 0. The van der Waals surface area contributed by atoms with Gasteiger partial charge in [0, 0.05) is 12.1 Å². The number of nitrogens with one attached hydrogen (secondary N) is 1. The maximum Gasteiger partial charge on any atom is 0.253 e. The highest BCUT2D eigenvalue weighted by Gasteiger charge is 2.44. The number of rotatable bonds is 7. The van der Waals surface area contributed by atoms with Crippen molar-refractivity contribution in [3.05, 3.63) is 47.5 Å². The molecule has 0 aromatic heterocycles. The smallest absolute Gasteiger partial charge is 0.253 e. The first kappa shape index (κ1) is 21.1. The summed E-state index contributed by atoms with van der Waals surface area (Å²) in [4.78, 5) is 15.4. The molecule has 0 bridgehead atoms. The molecule has 1 aromatic rings. The van der Waals surface area contributed by atoms with Crippen LogP contribution in [0.25, 0.3) is 0 Å². The normalized spacial score (nSPS) is 21.2. The number of piperidine rings is 1. The number of carbonyl (C=O) groups excluding carboxylic acids is 1. The van der Waals surface area contributed by atoms with Gasteiger partial charge in [-0.1, -0.05) is 54.8 Å². The fraction of sp³-hybridized carbons (Fsp3) is 0.625. The fourth-order valence-electron chi connectivity index (χ4n) is 4.99. The molecule has 2 aliphatic rings. The van der Waals surface area contributed by atoms with Gasteiger partial charge in [0.15, 0.2) is 6.10 Å². The van der Waals surface area contributed by atoms with Crippen molar-refractivity contribution >= 4 is 5.91 Å². The highest BCUT2D eigenvalue weighted by Crippen LogP contribution is 2.41. The average molecular weight is 385 g/mol. The van der Waals surface area contributed by atoms with Crippen molar-refractivity contribution in [1.82, 2.24) is 10.2 Å². The molecule has 154 valence electrons. The Labute approximate surface area is 170 Å². The van der Waals surface area contributed by atoms with Crippen LogP contribution in [0, 0.1) is 5.92 Å². The molecular formula is C24H36N2O2. The summed E-state index contributed by atoms with van der Waals surface area (Å²) in [6, 6.07) is 9.26. The first-order chi connectivity index (χ1) is 13.5. The molecule has 1 heterocycles. The molecule has 2 fully saturated rings. The molecule has 1 amide bonds. The Morgan fingerprint density at radius 3 is 2.46 bits per heavy atom. The van der Waals surface area contributed by atoms with Gasteiger partial charge >= 0.3 is 0 Å². The van der Waals surface area contributed by atoms with Crippen molar-refractivity contribution in [2.45, 2.75) is 70.4 Å². The van der Waals surface area contributed by atoms with Gasteiger partial charge in [-0.3, -0.25) is 4.79 Å². The molecule has 1 aliphatic heterocycles. The van der Waals surface area contributed by atoms with Crippen LogP contribution in [-0.2, 0) is 4.79 Å². The summed E-state index contributed by atoms with van der Waals surface area (Å²) in [5.41, 5.74) is 1.93. The summed E-state index contributed by atoms with van der Waals surface area (Å²) >= 11 is 0. The number of hydrogen-bond donors (Lipinski definition) is 2. The molecule has 0 radical (unpaired) electrons. The molecule has 3 rings (SSSR count). The Morgan fingerprint density at radius 2 is 1.86 bits per heavy atom. The van der Waals surface area contributed by atoms with Crippen molar-refractivity contribution in [3.63, 3.8) is 0 Å². The van der Waals surface area contributed by atoms with E-state index >= 15 is 0 Å². The number of carbonyl (C=O) groups is 1. The molecule has 1 aliphatic carbocycles. The lowest BCUT2D eigenvalue weighted by molar-refractivity contribution is -0.132. The number of amides is 1. The van der Waals surface area contributed by atoms with Gasteiger partial charge in [-0.2, -0.15) is 0 Å². The van der Waals surface area contributed by atoms with E-state index in [2.05, 4.69) is 30.1 Å². The van der Waals surface area contributed by atoms with Gasteiger partial charge in [0.25, 0.3) is 5.91 Å². The average Bonchev–Trinajstić information content (AvgIpc) is 3.18. The maximum absolute atomic E-state index is 12.8. The Bertz CT molecular complexity index is 652. The standard InChI is InChI=1S/C24H36N2O2/c1-19(2)9-8-16-26-17-12-21(13-18-26)24(14-6-7-15-24)25-23(28)22(27)20-10-4-3-5-11-20/h3-5,9-11,21-22,27H,6-8,12-18H2,1-2H3,(H,25,28). The van der Waals surface area contributed by atoms with Crippen LogP contribution in [0.5, 0.6) is 0 Å². The number of aliphatic hydroxyl groups is 1. The third-order valence-electron chi connectivity index (χ3n) is 6.60. The number of allylic oxidation sites excluding steroid dienone is 1. The SMILES string of the molecule is CC(C)=CCCN1CCC(C2(NC(=O)C(O)c3ccccc3)CCCC2)CC1. The number of aliphatic hydroxyl groups excluding tert-OH is 1. The van der Waals surface area contributed by atoms with E-state index in [1.807, 2.05) is 30.3 Å². The highest BCUT2D eigenvalue weighted by atomic mass is 16.3. The van der Waals surface area contributed by atoms with Crippen molar-refractivity contribution < 1.29 is 9.90 Å². The fourth-order valence-corrected chi connectivity index (χ4v) is 4.99. The van der Waals surface area contributed by atoms with Gasteiger partial charge in [0.2, 0.25) is 0 Å². The van der Waals surface area contributed by atoms with Crippen LogP contribution < -0.4 is 5.32 Å². The zero-order chi connectivity index (χ0) is 20.0. The predicted molar refractivity (Wildman–Crippen MR) is 114 cm³/mol. The Morgan fingerprint density at radius 1 is 1.21 bits per heavy atom. The summed E-state index contributed by atoms with van der Waals surface area (Å²) in [6.07, 6.45) is 9.06. The Hall–Kier alpha value is -1.65. The third kappa shape index (κ3) is 5.24. The van der Waals surface area contributed by atoms with Crippen LogP contribution in [0.15, 0.2) is 42.0 Å². The minimum Gasteiger partial charge on any atom is -0.378 e. The van der Waals surface area contributed by atoms with E-state index in [4.69, 9.17) is 0 Å². The summed E-state index contributed by atoms with van der Waals surface area (Å²) in [7, 11) is 0. The van der Waals surface area contributed by atoms with Gasteiger partial charge in [-0.15, -0.1) is 0 Å². The molecule has 1 saturated carbocycles. The molecular weight excluding hydrogens is 348 g/mol. The molecule has 1 saturated heterocycles. The number of benzene rings is 1. The van der Waals surface area contributed by atoms with Crippen molar-refractivity contribution in [1.29, 1.82) is 0 Å². The second-order valence-corrected chi connectivity index (χ2v) is 8.85. The second kappa shape index (κ2) is 9.71. The first-order valence-corrected chi connectivity index (χ1v) is 10.9. The van der Waals surface area contributed by atoms with Crippen LogP contribution >= 0.6 is 0 Å². The van der Waals surface area contributed by atoms with Crippen LogP contribution in [0.4, 0.5) is 0 Å². The first-order valence-electron chi connectivity index (χ1n) is 10.9. The van der Waals surface area contributed by atoms with Gasteiger partial charge in [0.05, 0.1) is 0 Å². The zero-order valence-electron chi connectivity index (χ0n) is 17.5. The summed E-state index contributed by atoms with van der Waals surface area (Å²) in [5, 5.41) is 13.8. The molecule has 4 nitrogen and oxygen atoms in total. The minimum atomic E-state index is -1.08. The van der Waals surface area contributed by atoms with Crippen molar-refractivity contribution in [2.75, 3.05) is 19.6 Å². The van der Waals surface area contributed by atoms with Crippen LogP contribution in [0.1, 0.15) is 70.5 Å². The zero-order valence-corrected chi connectivity index (χ0v) is 17.5. The lowest BCUT2D eigenvalue weighted by atomic mass is 9.76. The van der Waals surface area contributed by atoms with Gasteiger partial charge in [-0.25, -0.2) is 0 Å². The van der Waals surface area contributed by atoms with E-state index in [1.165, 1.54) is 18.4 Å². The topological polar surface area (TPSA) is 52.6 Å². The molecule has 4 heteroatoms. The molecule has 1 atom stereocenters. The summed E-state index contributed by atoms with van der Waals surface area (Å²) in [5.74, 6) is 0.278. The van der Waals surface area contributed by atoms with Gasteiger partial charge in [-0.05, 0) is 70.5 Å². The predicted octanol–water partition coefficient (Wildman–Crippen LogP) is 4.22. The monoisotopic (exact) mass is 384 g/mol. The lowest BCUT2D eigenvalue weighted by Gasteiger charge is -2.43. The molecule has 1 unspecified atom stereocenters. The quantitative estimate of drug-likeness (QED) is 0.692. The van der Waals surface area contributed by atoms with E-state index in [0.717, 1.165) is 51.7 Å². The lowest BCUT2D eigenvalue weighted by Crippen LogP contribution is -2.55. The number of nitrogens with zero attached hydrogens (tertiary/aromatic N) is 1. The summed E-state index contributed by atoms with van der Waals surface area (Å²) in [6.45, 7) is 7.66. The Kier molecular flexibility index (Phi) is 7.30. The molecule has 1 aromatic carbocycles. The molecule has 28 heavy (non-hydrogen) atoms. The van der Waals surface area contributed by atoms with Crippen molar-refractivity contribution in [2.24, 2.45) is 5.92 Å². The minimum absolute atomic E-state index is 0.126. The second-order valence-electron chi connectivity index (χ2n) is 8.85. The largest absolute Gasteiger partial charge is 0.378 e. The van der Waals surface area contributed by atoms with E-state index in [0.29, 0.717) is 11.5 Å². The third-order valence-corrected chi connectivity index (χ3v) is 6.60. The van der Waals surface area contributed by atoms with Crippen LogP contribution in [0.2, 0.25) is 0 Å². The Balaban J connectivity index is 1.58.